The molecule has 0 aliphatic heterocycles. The number of carbonyl (C=O) groups is 3. The molecule has 6 heteroatoms. The van der Waals surface area contributed by atoms with E-state index < -0.39 is 5.97 Å². The highest BCUT2D eigenvalue weighted by molar-refractivity contribution is 6.04. The number of rotatable bonds is 6. The first-order valence-corrected chi connectivity index (χ1v) is 7.20. The summed E-state index contributed by atoms with van der Waals surface area (Å²) in [6, 6.07) is 6.55. The third-order valence-corrected chi connectivity index (χ3v) is 2.82. The Morgan fingerprint density at radius 2 is 1.86 bits per heavy atom. The summed E-state index contributed by atoms with van der Waals surface area (Å²) in [7, 11) is 0. The van der Waals surface area contributed by atoms with Crippen LogP contribution in [0.3, 0.4) is 0 Å². The zero-order valence-corrected chi connectivity index (χ0v) is 13.4. The molecule has 0 spiro atoms. The minimum Gasteiger partial charge on any atom is -0.462 e. The Bertz CT molecular complexity index is 555. The van der Waals surface area contributed by atoms with Crippen molar-refractivity contribution in [1.29, 1.82) is 0 Å². The number of amides is 2. The lowest BCUT2D eigenvalue weighted by Gasteiger charge is -2.23. The summed E-state index contributed by atoms with van der Waals surface area (Å²) >= 11 is 0. The van der Waals surface area contributed by atoms with E-state index in [0.717, 1.165) is 0 Å². The predicted octanol–water partition coefficient (Wildman–Crippen LogP) is 1.74. The summed E-state index contributed by atoms with van der Waals surface area (Å²) in [4.78, 5) is 37.1. The van der Waals surface area contributed by atoms with Crippen LogP contribution >= 0.6 is 0 Å². The van der Waals surface area contributed by atoms with Crippen LogP contribution in [-0.4, -0.2) is 37.0 Å². The Morgan fingerprint density at radius 3 is 2.41 bits per heavy atom. The normalized spacial score (nSPS) is 10.2. The van der Waals surface area contributed by atoms with Gasteiger partial charge in [-0.2, -0.15) is 0 Å². The maximum atomic E-state index is 12.0. The van der Waals surface area contributed by atoms with Crippen LogP contribution in [-0.2, 0) is 14.3 Å². The Kier molecular flexibility index (Phi) is 6.56. The smallest absolute Gasteiger partial charge is 0.340 e. The molecule has 0 fully saturated rings. The molecule has 0 aliphatic carbocycles. The molecule has 0 radical (unpaired) electrons. The number of esters is 1. The van der Waals surface area contributed by atoms with Gasteiger partial charge in [0.2, 0.25) is 11.8 Å². The van der Waals surface area contributed by atoms with E-state index in [-0.39, 0.29) is 36.6 Å². The number of nitrogens with one attached hydrogen (secondary N) is 1. The molecule has 0 saturated carbocycles. The Balaban J connectivity index is 3.09. The molecule has 0 atom stereocenters. The van der Waals surface area contributed by atoms with Gasteiger partial charge in [-0.15, -0.1) is 0 Å². The first-order valence-electron chi connectivity index (χ1n) is 7.20. The van der Waals surface area contributed by atoms with E-state index in [4.69, 9.17) is 4.74 Å². The number of hydrogen-bond donors (Lipinski definition) is 1. The molecule has 6 nitrogen and oxygen atoms in total. The summed E-state index contributed by atoms with van der Waals surface area (Å²) in [6.45, 7) is 6.82. The van der Waals surface area contributed by atoms with Crippen molar-refractivity contribution in [2.45, 2.75) is 33.7 Å². The van der Waals surface area contributed by atoms with Gasteiger partial charge in [0.1, 0.15) is 6.54 Å². The number of para-hydroxylation sites is 1. The van der Waals surface area contributed by atoms with E-state index in [0.29, 0.717) is 5.69 Å². The highest BCUT2D eigenvalue weighted by Crippen LogP contribution is 2.21. The van der Waals surface area contributed by atoms with Crippen molar-refractivity contribution in [1.82, 2.24) is 5.32 Å². The number of carbonyl (C=O) groups excluding carboxylic acids is 3. The molecule has 120 valence electrons. The molecular formula is C16H22N2O4. The van der Waals surface area contributed by atoms with Crippen LogP contribution in [0.1, 0.15) is 38.1 Å². The summed E-state index contributed by atoms with van der Waals surface area (Å²) in [5.41, 5.74) is 0.629. The third kappa shape index (κ3) is 4.87. The van der Waals surface area contributed by atoms with Crippen molar-refractivity contribution in [2.75, 3.05) is 18.1 Å². The van der Waals surface area contributed by atoms with Crippen LogP contribution in [0.2, 0.25) is 0 Å². The van der Waals surface area contributed by atoms with E-state index in [9.17, 15) is 14.4 Å². The van der Waals surface area contributed by atoms with Gasteiger partial charge in [-0.3, -0.25) is 9.59 Å². The largest absolute Gasteiger partial charge is 0.462 e. The van der Waals surface area contributed by atoms with Crippen molar-refractivity contribution in [3.63, 3.8) is 0 Å². The number of benzene rings is 1. The molecule has 22 heavy (non-hydrogen) atoms. The van der Waals surface area contributed by atoms with E-state index in [2.05, 4.69) is 5.32 Å². The molecule has 1 aromatic rings. The predicted molar refractivity (Wildman–Crippen MR) is 83.7 cm³/mol. The Labute approximate surface area is 130 Å². The van der Waals surface area contributed by atoms with Gasteiger partial charge >= 0.3 is 5.97 Å². The van der Waals surface area contributed by atoms with Crippen LogP contribution in [0.5, 0.6) is 0 Å². The lowest BCUT2D eigenvalue weighted by atomic mass is 10.1. The molecular weight excluding hydrogens is 284 g/mol. The second-order valence-electron chi connectivity index (χ2n) is 5.06. The van der Waals surface area contributed by atoms with Gasteiger partial charge < -0.3 is 15.0 Å². The van der Waals surface area contributed by atoms with Crippen molar-refractivity contribution in [3.05, 3.63) is 29.8 Å². The summed E-state index contributed by atoms with van der Waals surface area (Å²) in [6.07, 6.45) is 0. The standard InChI is InChI=1S/C16H22N2O4/c1-5-22-16(21)13-8-6-7-9-14(13)18(12(4)19)10-15(20)17-11(2)3/h6-9,11H,5,10H2,1-4H3,(H,17,20). The van der Waals surface area contributed by atoms with Gasteiger partial charge in [0.05, 0.1) is 17.9 Å². The van der Waals surface area contributed by atoms with Gasteiger partial charge in [0.25, 0.3) is 0 Å². The summed E-state index contributed by atoms with van der Waals surface area (Å²) in [5, 5.41) is 2.72. The van der Waals surface area contributed by atoms with Gasteiger partial charge in [-0.25, -0.2) is 4.79 Å². The fraction of sp³-hybridized carbons (Fsp3) is 0.438. The minimum atomic E-state index is -0.520. The monoisotopic (exact) mass is 306 g/mol. The molecule has 0 heterocycles. The molecule has 0 aliphatic rings. The average molecular weight is 306 g/mol. The van der Waals surface area contributed by atoms with Crippen LogP contribution in [0, 0.1) is 0 Å². The van der Waals surface area contributed by atoms with Crippen LogP contribution in [0.15, 0.2) is 24.3 Å². The first kappa shape index (κ1) is 17.7. The SMILES string of the molecule is CCOC(=O)c1ccccc1N(CC(=O)NC(C)C)C(C)=O. The average Bonchev–Trinajstić information content (AvgIpc) is 2.44. The Hall–Kier alpha value is -2.37. The lowest BCUT2D eigenvalue weighted by Crippen LogP contribution is -2.42. The lowest BCUT2D eigenvalue weighted by molar-refractivity contribution is -0.123. The van der Waals surface area contributed by atoms with Gasteiger partial charge in [-0.1, -0.05) is 12.1 Å². The maximum absolute atomic E-state index is 12.0. The van der Waals surface area contributed by atoms with Crippen LogP contribution < -0.4 is 10.2 Å². The highest BCUT2D eigenvalue weighted by atomic mass is 16.5. The fourth-order valence-corrected chi connectivity index (χ4v) is 1.97. The summed E-state index contributed by atoms with van der Waals surface area (Å²) in [5.74, 6) is -1.13. The van der Waals surface area contributed by atoms with Crippen LogP contribution in [0.4, 0.5) is 5.69 Å². The molecule has 0 saturated heterocycles. The van der Waals surface area contributed by atoms with E-state index in [1.807, 2.05) is 13.8 Å². The quantitative estimate of drug-likeness (QED) is 0.812. The minimum absolute atomic E-state index is 0.0263. The Morgan fingerprint density at radius 1 is 1.23 bits per heavy atom. The van der Waals surface area contributed by atoms with Crippen molar-refractivity contribution in [3.8, 4) is 0 Å². The number of ether oxygens (including phenoxy) is 1. The van der Waals surface area contributed by atoms with E-state index in [1.54, 1.807) is 31.2 Å². The molecule has 2 amide bonds. The van der Waals surface area contributed by atoms with Crippen LogP contribution in [0.25, 0.3) is 0 Å². The van der Waals surface area contributed by atoms with Gasteiger partial charge in [-0.05, 0) is 32.9 Å². The molecule has 0 aromatic heterocycles. The fourth-order valence-electron chi connectivity index (χ4n) is 1.97. The van der Waals surface area contributed by atoms with E-state index in [1.165, 1.54) is 11.8 Å². The van der Waals surface area contributed by atoms with Crippen molar-refractivity contribution in [2.24, 2.45) is 0 Å². The summed E-state index contributed by atoms with van der Waals surface area (Å²) < 4.78 is 4.99. The number of hydrogen-bond acceptors (Lipinski definition) is 4. The molecule has 0 bridgehead atoms. The zero-order valence-electron chi connectivity index (χ0n) is 13.4. The highest BCUT2D eigenvalue weighted by Gasteiger charge is 2.22. The van der Waals surface area contributed by atoms with E-state index >= 15 is 0 Å². The molecule has 0 unspecified atom stereocenters. The molecule has 1 N–H and O–H groups in total. The van der Waals surface area contributed by atoms with Gasteiger partial charge in [0, 0.05) is 13.0 Å². The topological polar surface area (TPSA) is 75.7 Å². The second kappa shape index (κ2) is 8.17. The number of nitrogens with zero attached hydrogens (tertiary/aromatic N) is 1. The van der Waals surface area contributed by atoms with Crippen molar-refractivity contribution < 1.29 is 19.1 Å². The third-order valence-electron chi connectivity index (χ3n) is 2.82. The number of anilines is 1. The molecule has 1 rings (SSSR count). The zero-order chi connectivity index (χ0) is 16.7. The maximum Gasteiger partial charge on any atom is 0.340 e. The first-order chi connectivity index (χ1) is 10.4. The molecule has 1 aromatic carbocycles. The second-order valence-corrected chi connectivity index (χ2v) is 5.06. The van der Waals surface area contributed by atoms with Crippen molar-refractivity contribution >= 4 is 23.5 Å². The van der Waals surface area contributed by atoms with Gasteiger partial charge in [0.15, 0.2) is 0 Å².